The number of anilines is 1. The zero-order valence-electron chi connectivity index (χ0n) is 18.0. The van der Waals surface area contributed by atoms with E-state index in [2.05, 4.69) is 58.7 Å². The highest BCUT2D eigenvalue weighted by atomic mass is 16.6. The molecule has 1 amide bonds. The molecular weight excluding hydrogens is 404 g/mol. The molecule has 164 valence electrons. The first-order valence-electron chi connectivity index (χ1n) is 10.7. The lowest BCUT2D eigenvalue weighted by atomic mass is 9.96. The summed E-state index contributed by atoms with van der Waals surface area (Å²) in [6, 6.07) is 25.7. The number of nitro groups is 1. The maximum absolute atomic E-state index is 11.9. The highest BCUT2D eigenvalue weighted by Gasteiger charge is 2.29. The van der Waals surface area contributed by atoms with Gasteiger partial charge in [0.05, 0.1) is 11.0 Å². The molecule has 0 radical (unpaired) electrons. The minimum Gasteiger partial charge on any atom is -0.363 e. The molecule has 0 aromatic heterocycles. The molecule has 1 fully saturated rings. The summed E-state index contributed by atoms with van der Waals surface area (Å²) in [4.78, 5) is 27.7. The van der Waals surface area contributed by atoms with E-state index in [9.17, 15) is 14.9 Å². The second-order valence-electron chi connectivity index (χ2n) is 7.79. The molecule has 1 heterocycles. The van der Waals surface area contributed by atoms with Crippen LogP contribution in [0.5, 0.6) is 0 Å². The van der Waals surface area contributed by atoms with Crippen molar-refractivity contribution in [2.24, 2.45) is 0 Å². The Kier molecular flexibility index (Phi) is 6.47. The minimum atomic E-state index is -0.412. The van der Waals surface area contributed by atoms with Crippen LogP contribution in [-0.4, -0.2) is 49.0 Å². The lowest BCUT2D eigenvalue weighted by Gasteiger charge is -2.40. The number of carbonyl (C=O) groups is 1. The molecule has 1 aliphatic rings. The predicted octanol–water partition coefficient (Wildman–Crippen LogP) is 3.87. The monoisotopic (exact) mass is 430 g/mol. The maximum Gasteiger partial charge on any atom is 0.293 e. The average molecular weight is 431 g/mol. The summed E-state index contributed by atoms with van der Waals surface area (Å²) in [6.45, 7) is 2.86. The molecule has 4 rings (SSSR count). The molecule has 32 heavy (non-hydrogen) atoms. The van der Waals surface area contributed by atoms with Gasteiger partial charge in [0.15, 0.2) is 0 Å². The molecule has 0 atom stereocenters. The maximum atomic E-state index is 11.9. The van der Waals surface area contributed by atoms with E-state index in [1.807, 2.05) is 17.0 Å². The van der Waals surface area contributed by atoms with Crippen molar-refractivity contribution in [2.75, 3.05) is 38.1 Å². The van der Waals surface area contributed by atoms with E-state index >= 15 is 0 Å². The molecular formula is C25H26N4O3. The highest BCUT2D eigenvalue weighted by molar-refractivity contribution is 5.95. The quantitative estimate of drug-likeness (QED) is 0.475. The summed E-state index contributed by atoms with van der Waals surface area (Å²) in [7, 11) is 1.51. The Bertz CT molecular complexity index is 1040. The number of carbonyl (C=O) groups excluding carboxylic acids is 1. The Labute approximate surface area is 187 Å². The molecule has 1 saturated heterocycles. The van der Waals surface area contributed by atoms with Crippen molar-refractivity contribution in [2.45, 2.75) is 6.04 Å². The van der Waals surface area contributed by atoms with Crippen molar-refractivity contribution in [1.29, 1.82) is 0 Å². The van der Waals surface area contributed by atoms with Crippen molar-refractivity contribution < 1.29 is 9.72 Å². The van der Waals surface area contributed by atoms with Gasteiger partial charge >= 0.3 is 0 Å². The van der Waals surface area contributed by atoms with Crippen molar-refractivity contribution >= 4 is 17.3 Å². The van der Waals surface area contributed by atoms with Gasteiger partial charge in [0.25, 0.3) is 11.6 Å². The number of piperazine rings is 1. The predicted molar refractivity (Wildman–Crippen MR) is 125 cm³/mol. The molecule has 0 saturated carbocycles. The van der Waals surface area contributed by atoms with Gasteiger partial charge < -0.3 is 10.2 Å². The summed E-state index contributed by atoms with van der Waals surface area (Å²) in [5.41, 5.74) is 3.26. The van der Waals surface area contributed by atoms with Gasteiger partial charge in [-0.15, -0.1) is 0 Å². The van der Waals surface area contributed by atoms with Crippen LogP contribution in [0.15, 0.2) is 78.9 Å². The van der Waals surface area contributed by atoms with Crippen molar-refractivity contribution in [1.82, 2.24) is 10.2 Å². The van der Waals surface area contributed by atoms with E-state index in [4.69, 9.17) is 0 Å². The zero-order chi connectivity index (χ0) is 22.5. The van der Waals surface area contributed by atoms with E-state index in [1.165, 1.54) is 24.2 Å². The molecule has 1 N–H and O–H groups in total. The van der Waals surface area contributed by atoms with Crippen LogP contribution in [0.2, 0.25) is 0 Å². The van der Waals surface area contributed by atoms with Crippen LogP contribution in [0.25, 0.3) is 0 Å². The van der Waals surface area contributed by atoms with Crippen LogP contribution in [0, 0.1) is 10.1 Å². The Morgan fingerprint density at radius 3 is 1.97 bits per heavy atom. The second-order valence-corrected chi connectivity index (χ2v) is 7.79. The largest absolute Gasteiger partial charge is 0.363 e. The van der Waals surface area contributed by atoms with E-state index < -0.39 is 4.92 Å². The van der Waals surface area contributed by atoms with Crippen LogP contribution < -0.4 is 10.2 Å². The summed E-state index contributed by atoms with van der Waals surface area (Å²) in [5.74, 6) is -0.335. The standard InChI is InChI=1S/C25H26N4O3/c1-26-25(30)21-12-13-22(23(18-21)29(31)32)27-14-16-28(17-15-27)24(19-8-4-2-5-9-19)20-10-6-3-7-11-20/h2-13,18,24H,14-17H2,1H3,(H,26,30). The number of hydrogen-bond acceptors (Lipinski definition) is 5. The number of rotatable bonds is 6. The van der Waals surface area contributed by atoms with Gasteiger partial charge in [-0.05, 0) is 23.3 Å². The Balaban J connectivity index is 1.57. The fourth-order valence-electron chi connectivity index (χ4n) is 4.33. The SMILES string of the molecule is CNC(=O)c1ccc(N2CCN(C(c3ccccc3)c3ccccc3)CC2)c([N+](=O)[O-])c1. The van der Waals surface area contributed by atoms with Crippen molar-refractivity contribution in [3.63, 3.8) is 0 Å². The number of amides is 1. The molecule has 0 unspecified atom stereocenters. The molecule has 0 bridgehead atoms. The third-order valence-electron chi connectivity index (χ3n) is 5.91. The molecule has 3 aromatic carbocycles. The van der Waals surface area contributed by atoms with Gasteiger partial charge in [0.1, 0.15) is 5.69 Å². The summed E-state index contributed by atoms with van der Waals surface area (Å²) >= 11 is 0. The zero-order valence-corrected chi connectivity index (χ0v) is 18.0. The summed E-state index contributed by atoms with van der Waals surface area (Å²) in [5, 5.41) is 14.2. The van der Waals surface area contributed by atoms with Crippen LogP contribution in [-0.2, 0) is 0 Å². The second kappa shape index (κ2) is 9.62. The molecule has 7 nitrogen and oxygen atoms in total. The van der Waals surface area contributed by atoms with Crippen LogP contribution in [0.1, 0.15) is 27.5 Å². The summed E-state index contributed by atoms with van der Waals surface area (Å²) < 4.78 is 0. The van der Waals surface area contributed by atoms with E-state index in [0.717, 1.165) is 13.1 Å². The minimum absolute atomic E-state index is 0.0396. The Morgan fingerprint density at radius 1 is 0.906 bits per heavy atom. The van der Waals surface area contributed by atoms with E-state index in [0.29, 0.717) is 18.8 Å². The van der Waals surface area contributed by atoms with Crippen molar-refractivity contribution in [3.05, 3.63) is 106 Å². The van der Waals surface area contributed by atoms with Gasteiger partial charge in [0, 0.05) is 44.9 Å². The number of hydrogen-bond donors (Lipinski definition) is 1. The van der Waals surface area contributed by atoms with Crippen LogP contribution in [0.4, 0.5) is 11.4 Å². The lowest BCUT2D eigenvalue weighted by Crippen LogP contribution is -2.48. The van der Waals surface area contributed by atoms with Gasteiger partial charge in [-0.25, -0.2) is 0 Å². The fourth-order valence-corrected chi connectivity index (χ4v) is 4.33. The number of nitrogens with one attached hydrogen (secondary N) is 1. The molecule has 0 aliphatic carbocycles. The van der Waals surface area contributed by atoms with Crippen molar-refractivity contribution in [3.8, 4) is 0 Å². The van der Waals surface area contributed by atoms with Gasteiger partial charge in [-0.3, -0.25) is 19.8 Å². The third-order valence-corrected chi connectivity index (χ3v) is 5.91. The molecule has 0 spiro atoms. The number of nitrogens with zero attached hydrogens (tertiary/aromatic N) is 3. The fraction of sp³-hybridized carbons (Fsp3) is 0.240. The molecule has 3 aromatic rings. The number of benzene rings is 3. The van der Waals surface area contributed by atoms with Gasteiger partial charge in [-0.1, -0.05) is 60.7 Å². The Morgan fingerprint density at radius 2 is 1.47 bits per heavy atom. The van der Waals surface area contributed by atoms with Gasteiger partial charge in [0.2, 0.25) is 0 Å². The van der Waals surface area contributed by atoms with Crippen LogP contribution in [0.3, 0.4) is 0 Å². The molecule has 1 aliphatic heterocycles. The van der Waals surface area contributed by atoms with Gasteiger partial charge in [-0.2, -0.15) is 0 Å². The number of nitro benzene ring substituents is 1. The first kappa shape index (κ1) is 21.5. The highest BCUT2D eigenvalue weighted by Crippen LogP contribution is 2.33. The summed E-state index contributed by atoms with van der Waals surface area (Å²) in [6.07, 6.45) is 0. The van der Waals surface area contributed by atoms with E-state index in [1.54, 1.807) is 12.1 Å². The molecule has 7 heteroatoms. The normalized spacial score (nSPS) is 14.4. The first-order valence-corrected chi connectivity index (χ1v) is 10.7. The lowest BCUT2D eigenvalue weighted by molar-refractivity contribution is -0.384. The van der Waals surface area contributed by atoms with E-state index in [-0.39, 0.29) is 23.2 Å². The first-order chi connectivity index (χ1) is 15.6. The smallest absolute Gasteiger partial charge is 0.293 e. The topological polar surface area (TPSA) is 78.7 Å². The third kappa shape index (κ3) is 4.48. The van der Waals surface area contributed by atoms with Crippen LogP contribution >= 0.6 is 0 Å². The Hall–Kier alpha value is -3.71. The average Bonchev–Trinajstić information content (AvgIpc) is 2.85.